The summed E-state index contributed by atoms with van der Waals surface area (Å²) in [6.07, 6.45) is 4.90. The number of rotatable bonds is 5. The molecule has 3 rings (SSSR count). The van der Waals surface area contributed by atoms with Crippen LogP contribution in [0.25, 0.3) is 0 Å². The van der Waals surface area contributed by atoms with Crippen molar-refractivity contribution < 1.29 is 4.79 Å². The molecule has 1 aromatic heterocycles. The first kappa shape index (κ1) is 14.5. The highest BCUT2D eigenvalue weighted by Gasteiger charge is 2.21. The molecule has 5 heteroatoms. The van der Waals surface area contributed by atoms with Gasteiger partial charge in [-0.2, -0.15) is 0 Å². The number of nitrogens with one attached hydrogen (secondary N) is 1. The smallest absolute Gasteiger partial charge is 0.254 e. The largest absolute Gasteiger partial charge is 0.350 e. The summed E-state index contributed by atoms with van der Waals surface area (Å²) in [4.78, 5) is 28.3. The molecule has 1 aromatic carbocycles. The van der Waals surface area contributed by atoms with Crippen LogP contribution in [-0.2, 0) is 17.9 Å². The van der Waals surface area contributed by atoms with E-state index in [0.717, 1.165) is 24.1 Å². The van der Waals surface area contributed by atoms with Crippen LogP contribution in [0.2, 0.25) is 0 Å². The number of hydrogen-bond donors (Lipinski definition) is 1. The van der Waals surface area contributed by atoms with Gasteiger partial charge in [-0.25, -0.2) is 4.98 Å². The van der Waals surface area contributed by atoms with Crippen molar-refractivity contribution in [2.45, 2.75) is 38.3 Å². The third-order valence-corrected chi connectivity index (χ3v) is 4.07. The zero-order chi connectivity index (χ0) is 15.4. The van der Waals surface area contributed by atoms with Gasteiger partial charge < -0.3 is 5.32 Å². The van der Waals surface area contributed by atoms with E-state index in [1.54, 1.807) is 6.07 Å². The molecule has 5 nitrogen and oxygen atoms in total. The number of hydrogen-bond acceptors (Lipinski definition) is 3. The van der Waals surface area contributed by atoms with Crippen molar-refractivity contribution in [3.05, 3.63) is 64.3 Å². The van der Waals surface area contributed by atoms with Crippen molar-refractivity contribution in [3.8, 4) is 0 Å². The van der Waals surface area contributed by atoms with Gasteiger partial charge in [-0.15, -0.1) is 0 Å². The van der Waals surface area contributed by atoms with Crippen molar-refractivity contribution in [2.24, 2.45) is 0 Å². The Bertz CT molecular complexity index is 705. The Morgan fingerprint density at radius 3 is 2.68 bits per heavy atom. The van der Waals surface area contributed by atoms with E-state index in [1.807, 2.05) is 30.3 Å². The quantitative estimate of drug-likeness (QED) is 0.915. The number of nitrogens with zero attached hydrogens (tertiary/aromatic N) is 2. The van der Waals surface area contributed by atoms with Gasteiger partial charge in [0.2, 0.25) is 5.91 Å². The Hall–Kier alpha value is -2.43. The lowest BCUT2D eigenvalue weighted by atomic mass is 9.83. The molecule has 0 saturated heterocycles. The third kappa shape index (κ3) is 3.42. The molecule has 1 aliphatic carbocycles. The fourth-order valence-corrected chi connectivity index (χ4v) is 2.49. The van der Waals surface area contributed by atoms with E-state index in [9.17, 15) is 9.59 Å². The standard InChI is InChI=1S/C17H19N3O2/c21-16(18-10-13-5-2-1-3-6-13)11-20-12-19-15(9-17(20)22)14-7-4-8-14/h1-3,5-6,9,12,14H,4,7-8,10-11H2,(H,18,21). The monoisotopic (exact) mass is 297 g/mol. The summed E-state index contributed by atoms with van der Waals surface area (Å²) in [5.41, 5.74) is 1.73. The minimum Gasteiger partial charge on any atom is -0.350 e. The van der Waals surface area contributed by atoms with Crippen molar-refractivity contribution in [3.63, 3.8) is 0 Å². The summed E-state index contributed by atoms with van der Waals surface area (Å²) in [6, 6.07) is 11.2. The van der Waals surface area contributed by atoms with Gasteiger partial charge in [-0.3, -0.25) is 14.2 Å². The SMILES string of the molecule is O=C(Cn1cnc(C2CCC2)cc1=O)NCc1ccccc1. The van der Waals surface area contributed by atoms with Crippen LogP contribution in [-0.4, -0.2) is 15.5 Å². The van der Waals surface area contributed by atoms with Crippen LogP contribution in [0.5, 0.6) is 0 Å². The summed E-state index contributed by atoms with van der Waals surface area (Å²) in [5, 5.41) is 2.81. The van der Waals surface area contributed by atoms with Crippen molar-refractivity contribution >= 4 is 5.91 Å². The molecule has 1 heterocycles. The van der Waals surface area contributed by atoms with Crippen molar-refractivity contribution in [1.29, 1.82) is 0 Å². The van der Waals surface area contributed by atoms with Crippen LogP contribution in [0.15, 0.2) is 47.5 Å². The molecule has 1 amide bonds. The van der Waals surface area contributed by atoms with E-state index >= 15 is 0 Å². The average Bonchev–Trinajstić information content (AvgIpc) is 2.47. The van der Waals surface area contributed by atoms with Gasteiger partial charge in [0.1, 0.15) is 6.54 Å². The van der Waals surface area contributed by atoms with Gasteiger partial charge in [0, 0.05) is 18.5 Å². The molecule has 0 radical (unpaired) electrons. The number of aromatic nitrogens is 2. The van der Waals surface area contributed by atoms with E-state index < -0.39 is 0 Å². The maximum absolute atomic E-state index is 12.0. The van der Waals surface area contributed by atoms with Crippen LogP contribution < -0.4 is 10.9 Å². The lowest BCUT2D eigenvalue weighted by Crippen LogP contribution is -2.32. The summed E-state index contributed by atoms with van der Waals surface area (Å²) in [7, 11) is 0. The Kier molecular flexibility index (Phi) is 4.32. The van der Waals surface area contributed by atoms with Crippen LogP contribution in [0.4, 0.5) is 0 Å². The average molecular weight is 297 g/mol. The normalized spacial score (nSPS) is 14.4. The number of carbonyl (C=O) groups is 1. The van der Waals surface area contributed by atoms with E-state index in [1.165, 1.54) is 17.3 Å². The highest BCUT2D eigenvalue weighted by atomic mass is 16.2. The molecular weight excluding hydrogens is 278 g/mol. The fraction of sp³-hybridized carbons (Fsp3) is 0.353. The van der Waals surface area contributed by atoms with Gasteiger partial charge in [0.05, 0.1) is 12.0 Å². The van der Waals surface area contributed by atoms with Gasteiger partial charge >= 0.3 is 0 Å². The number of benzene rings is 1. The van der Waals surface area contributed by atoms with Crippen LogP contribution >= 0.6 is 0 Å². The molecule has 0 atom stereocenters. The first-order valence-corrected chi connectivity index (χ1v) is 7.59. The molecule has 0 spiro atoms. The van der Waals surface area contributed by atoms with E-state index in [0.29, 0.717) is 12.5 Å². The predicted molar refractivity (Wildman–Crippen MR) is 83.4 cm³/mol. The summed E-state index contributed by atoms with van der Waals surface area (Å²) >= 11 is 0. The summed E-state index contributed by atoms with van der Waals surface area (Å²) in [5.74, 6) is 0.235. The predicted octanol–water partition coefficient (Wildman–Crippen LogP) is 1.83. The van der Waals surface area contributed by atoms with Crippen LogP contribution in [0.1, 0.15) is 36.4 Å². The van der Waals surface area contributed by atoms with Gasteiger partial charge in [-0.05, 0) is 18.4 Å². The summed E-state index contributed by atoms with van der Waals surface area (Å²) < 4.78 is 1.35. The first-order valence-electron chi connectivity index (χ1n) is 7.59. The second-order valence-electron chi connectivity index (χ2n) is 5.67. The lowest BCUT2D eigenvalue weighted by molar-refractivity contribution is -0.121. The Labute approximate surface area is 129 Å². The Morgan fingerprint density at radius 1 is 1.27 bits per heavy atom. The molecule has 1 saturated carbocycles. The third-order valence-electron chi connectivity index (χ3n) is 4.07. The number of carbonyl (C=O) groups excluding carboxylic acids is 1. The van der Waals surface area contributed by atoms with Crippen molar-refractivity contribution in [1.82, 2.24) is 14.9 Å². The molecular formula is C17H19N3O2. The molecule has 22 heavy (non-hydrogen) atoms. The Morgan fingerprint density at radius 2 is 2.05 bits per heavy atom. The maximum atomic E-state index is 12.0. The van der Waals surface area contributed by atoms with E-state index in [4.69, 9.17) is 0 Å². The second kappa shape index (κ2) is 6.56. The summed E-state index contributed by atoms with van der Waals surface area (Å²) in [6.45, 7) is 0.464. The molecule has 0 aliphatic heterocycles. The highest BCUT2D eigenvalue weighted by Crippen LogP contribution is 2.34. The van der Waals surface area contributed by atoms with Gasteiger partial charge in [0.15, 0.2) is 0 Å². The number of amides is 1. The zero-order valence-corrected chi connectivity index (χ0v) is 12.4. The maximum Gasteiger partial charge on any atom is 0.254 e. The molecule has 0 unspecified atom stereocenters. The van der Waals surface area contributed by atoms with Crippen LogP contribution in [0, 0.1) is 0 Å². The van der Waals surface area contributed by atoms with Crippen molar-refractivity contribution in [2.75, 3.05) is 0 Å². The van der Waals surface area contributed by atoms with E-state index in [2.05, 4.69) is 10.3 Å². The zero-order valence-electron chi connectivity index (χ0n) is 12.4. The van der Waals surface area contributed by atoms with Gasteiger partial charge in [0.25, 0.3) is 5.56 Å². The topological polar surface area (TPSA) is 64.0 Å². The van der Waals surface area contributed by atoms with Crippen LogP contribution in [0.3, 0.4) is 0 Å². The molecule has 1 aliphatic rings. The molecule has 1 N–H and O–H groups in total. The minimum absolute atomic E-state index is 0.00358. The molecule has 2 aromatic rings. The molecule has 0 bridgehead atoms. The fourth-order valence-electron chi connectivity index (χ4n) is 2.49. The molecule has 1 fully saturated rings. The first-order chi connectivity index (χ1) is 10.7. The second-order valence-corrected chi connectivity index (χ2v) is 5.67. The highest BCUT2D eigenvalue weighted by molar-refractivity contribution is 5.75. The van der Waals surface area contributed by atoms with Gasteiger partial charge in [-0.1, -0.05) is 36.8 Å². The lowest BCUT2D eigenvalue weighted by Gasteiger charge is -2.24. The Balaban J connectivity index is 1.58. The minimum atomic E-state index is -0.191. The molecule has 114 valence electrons. The van der Waals surface area contributed by atoms with E-state index in [-0.39, 0.29) is 18.0 Å².